The van der Waals surface area contributed by atoms with Crippen LogP contribution in [0.3, 0.4) is 0 Å². The van der Waals surface area contributed by atoms with Gasteiger partial charge in [0, 0.05) is 30.1 Å². The van der Waals surface area contributed by atoms with Gasteiger partial charge in [-0.25, -0.2) is 4.98 Å². The Labute approximate surface area is 179 Å². The second kappa shape index (κ2) is 7.28. The maximum Gasteiger partial charge on any atom is 0.263 e. The molecular formula is C22H26N4O3S. The van der Waals surface area contributed by atoms with Crippen LogP contribution in [0.5, 0.6) is 5.75 Å². The lowest BCUT2D eigenvalue weighted by Gasteiger charge is -2.35. The number of methoxy groups -OCH3 is 1. The lowest BCUT2D eigenvalue weighted by atomic mass is 9.94. The van der Waals surface area contributed by atoms with Crippen LogP contribution >= 0.6 is 11.3 Å². The van der Waals surface area contributed by atoms with Crippen molar-refractivity contribution in [2.24, 2.45) is 0 Å². The van der Waals surface area contributed by atoms with Crippen LogP contribution in [0.15, 0.2) is 24.4 Å². The second-order valence-electron chi connectivity index (χ2n) is 8.61. The molecule has 5 rings (SSSR count). The molecule has 0 spiro atoms. The summed E-state index contributed by atoms with van der Waals surface area (Å²) >= 11 is 1.50. The summed E-state index contributed by atoms with van der Waals surface area (Å²) in [7, 11) is 1.69. The average Bonchev–Trinajstić information content (AvgIpc) is 3.32. The third-order valence-corrected chi connectivity index (χ3v) is 7.00. The first-order chi connectivity index (χ1) is 14.4. The Morgan fingerprint density at radius 1 is 1.40 bits per heavy atom. The summed E-state index contributed by atoms with van der Waals surface area (Å²) in [4.78, 5) is 23.8. The fraction of sp³-hybridized carbons (Fsp3) is 0.455. The number of rotatable bonds is 4. The van der Waals surface area contributed by atoms with Crippen LogP contribution in [0.25, 0.3) is 10.9 Å². The number of aromatic amines is 1. The molecule has 0 unspecified atom stereocenters. The van der Waals surface area contributed by atoms with Crippen molar-refractivity contribution in [3.8, 4) is 5.75 Å². The molecule has 0 bridgehead atoms. The Balaban J connectivity index is 1.45. The van der Waals surface area contributed by atoms with Crippen molar-refractivity contribution in [2.45, 2.75) is 38.3 Å². The number of aromatic nitrogens is 2. The molecule has 3 aromatic rings. The standard InChI is InChI=1S/C22H26N4O3S/c1-22(2)10-16-19(20(27)25-22)30-21(24-16)26-7-8-29-12-14(26)9-13-11-23-18-15(13)5-4-6-17(18)28-3/h4-6,11,14,23H,7-10,12H2,1-3H3,(H,25,27)/t14-/m0/s1. The van der Waals surface area contributed by atoms with E-state index in [-0.39, 0.29) is 17.5 Å². The summed E-state index contributed by atoms with van der Waals surface area (Å²) in [6.07, 6.45) is 3.64. The maximum atomic E-state index is 12.5. The summed E-state index contributed by atoms with van der Waals surface area (Å²) < 4.78 is 11.3. The number of H-pyrrole nitrogens is 1. The highest BCUT2D eigenvalue weighted by atomic mass is 32.1. The number of para-hydroxylation sites is 1. The van der Waals surface area contributed by atoms with Gasteiger partial charge in [0.1, 0.15) is 10.6 Å². The first-order valence-electron chi connectivity index (χ1n) is 10.2. The van der Waals surface area contributed by atoms with Gasteiger partial charge in [-0.2, -0.15) is 0 Å². The minimum Gasteiger partial charge on any atom is -0.495 e. The van der Waals surface area contributed by atoms with Gasteiger partial charge in [-0.05, 0) is 31.9 Å². The summed E-state index contributed by atoms with van der Waals surface area (Å²) in [6, 6.07) is 6.26. The Morgan fingerprint density at radius 2 is 2.27 bits per heavy atom. The first-order valence-corrected chi connectivity index (χ1v) is 11.1. The fourth-order valence-electron chi connectivity index (χ4n) is 4.44. The van der Waals surface area contributed by atoms with Crippen LogP contribution in [-0.2, 0) is 17.6 Å². The van der Waals surface area contributed by atoms with E-state index in [0.717, 1.165) is 46.4 Å². The van der Waals surface area contributed by atoms with Crippen LogP contribution in [0.4, 0.5) is 5.13 Å². The largest absolute Gasteiger partial charge is 0.495 e. The van der Waals surface area contributed by atoms with Gasteiger partial charge in [0.2, 0.25) is 0 Å². The Hall–Kier alpha value is -2.58. The minimum absolute atomic E-state index is 0.0152. The minimum atomic E-state index is -0.261. The third-order valence-electron chi connectivity index (χ3n) is 5.87. The average molecular weight is 427 g/mol. The van der Waals surface area contributed by atoms with E-state index in [9.17, 15) is 4.79 Å². The van der Waals surface area contributed by atoms with Crippen molar-refractivity contribution in [1.82, 2.24) is 15.3 Å². The van der Waals surface area contributed by atoms with Crippen LogP contribution in [0, 0.1) is 0 Å². The van der Waals surface area contributed by atoms with Gasteiger partial charge in [0.05, 0.1) is 37.6 Å². The van der Waals surface area contributed by atoms with Gasteiger partial charge in [0.25, 0.3) is 5.91 Å². The zero-order valence-corrected chi connectivity index (χ0v) is 18.3. The third kappa shape index (κ3) is 3.33. The van der Waals surface area contributed by atoms with Crippen molar-refractivity contribution in [2.75, 3.05) is 31.8 Å². The van der Waals surface area contributed by atoms with Gasteiger partial charge < -0.3 is 24.7 Å². The van der Waals surface area contributed by atoms with Gasteiger partial charge in [0.15, 0.2) is 5.13 Å². The topological polar surface area (TPSA) is 79.5 Å². The van der Waals surface area contributed by atoms with E-state index in [0.29, 0.717) is 13.2 Å². The van der Waals surface area contributed by atoms with Crippen LogP contribution in [0.1, 0.15) is 34.8 Å². The lowest BCUT2D eigenvalue weighted by molar-refractivity contribution is 0.0900. The van der Waals surface area contributed by atoms with E-state index >= 15 is 0 Å². The molecule has 158 valence electrons. The highest BCUT2D eigenvalue weighted by Crippen LogP contribution is 2.35. The first kappa shape index (κ1) is 19.4. The molecule has 2 aliphatic heterocycles. The Bertz CT molecular complexity index is 1100. The highest BCUT2D eigenvalue weighted by molar-refractivity contribution is 7.17. The lowest BCUT2D eigenvalue weighted by Crippen LogP contribution is -2.48. The number of benzene rings is 1. The molecule has 1 fully saturated rings. The van der Waals surface area contributed by atoms with E-state index in [4.69, 9.17) is 14.5 Å². The highest BCUT2D eigenvalue weighted by Gasteiger charge is 2.35. The number of fused-ring (bicyclic) bond motifs is 2. The molecule has 1 saturated heterocycles. The van der Waals surface area contributed by atoms with Crippen LogP contribution in [-0.4, -0.2) is 54.3 Å². The molecule has 2 aliphatic rings. The SMILES string of the molecule is COc1cccc2c(C[C@H]3COCCN3c3nc4c(s3)C(=O)NC(C)(C)C4)c[nH]c12. The number of hydrogen-bond acceptors (Lipinski definition) is 6. The van der Waals surface area contributed by atoms with Gasteiger partial charge >= 0.3 is 0 Å². The monoisotopic (exact) mass is 426 g/mol. The van der Waals surface area contributed by atoms with E-state index in [1.54, 1.807) is 7.11 Å². The Kier molecular flexibility index (Phi) is 4.71. The molecule has 1 atom stereocenters. The molecule has 0 aliphatic carbocycles. The molecule has 7 nitrogen and oxygen atoms in total. The Morgan fingerprint density at radius 3 is 3.10 bits per heavy atom. The summed E-state index contributed by atoms with van der Waals surface area (Å²) in [5, 5.41) is 5.16. The van der Waals surface area contributed by atoms with E-state index in [2.05, 4.69) is 27.5 Å². The van der Waals surface area contributed by atoms with Crippen LogP contribution < -0.4 is 15.0 Å². The van der Waals surface area contributed by atoms with Crippen molar-refractivity contribution < 1.29 is 14.3 Å². The van der Waals surface area contributed by atoms with Gasteiger partial charge in [-0.15, -0.1) is 0 Å². The fourth-order valence-corrected chi connectivity index (χ4v) is 5.51. The number of nitrogens with one attached hydrogen (secondary N) is 2. The molecule has 1 aromatic carbocycles. The number of ether oxygens (including phenoxy) is 2. The molecule has 8 heteroatoms. The molecule has 4 heterocycles. The molecule has 0 radical (unpaired) electrons. The number of anilines is 1. The summed E-state index contributed by atoms with van der Waals surface area (Å²) in [6.45, 7) is 6.15. The van der Waals surface area contributed by atoms with E-state index < -0.39 is 0 Å². The molecule has 1 amide bonds. The molecular weight excluding hydrogens is 400 g/mol. The maximum absolute atomic E-state index is 12.5. The predicted molar refractivity (Wildman–Crippen MR) is 118 cm³/mol. The molecule has 0 saturated carbocycles. The zero-order valence-electron chi connectivity index (χ0n) is 17.4. The second-order valence-corrected chi connectivity index (χ2v) is 9.59. The number of nitrogens with zero attached hydrogens (tertiary/aromatic N) is 2. The number of thiazole rings is 1. The quantitative estimate of drug-likeness (QED) is 0.670. The van der Waals surface area contributed by atoms with Gasteiger partial charge in [-0.1, -0.05) is 23.5 Å². The number of morpholine rings is 1. The number of hydrogen-bond donors (Lipinski definition) is 2. The molecule has 30 heavy (non-hydrogen) atoms. The van der Waals surface area contributed by atoms with E-state index in [1.807, 2.05) is 26.0 Å². The summed E-state index contributed by atoms with van der Waals surface area (Å²) in [5.74, 6) is 0.829. The van der Waals surface area contributed by atoms with Gasteiger partial charge in [-0.3, -0.25) is 4.79 Å². The van der Waals surface area contributed by atoms with Crippen molar-refractivity contribution in [1.29, 1.82) is 0 Å². The smallest absolute Gasteiger partial charge is 0.263 e. The zero-order chi connectivity index (χ0) is 20.9. The van der Waals surface area contributed by atoms with E-state index in [1.165, 1.54) is 22.3 Å². The van der Waals surface area contributed by atoms with Crippen molar-refractivity contribution in [3.05, 3.63) is 40.5 Å². The number of carbonyl (C=O) groups is 1. The van der Waals surface area contributed by atoms with Crippen LogP contribution in [0.2, 0.25) is 0 Å². The summed E-state index contributed by atoms with van der Waals surface area (Å²) in [5.41, 5.74) is 2.89. The number of carbonyl (C=O) groups excluding carboxylic acids is 1. The number of amides is 1. The predicted octanol–water partition coefficient (Wildman–Crippen LogP) is 3.15. The molecule has 2 aromatic heterocycles. The normalized spacial score (nSPS) is 20.8. The molecule has 2 N–H and O–H groups in total. The van der Waals surface area contributed by atoms with Crippen molar-refractivity contribution >= 4 is 33.3 Å². The van der Waals surface area contributed by atoms with Crippen molar-refractivity contribution in [3.63, 3.8) is 0 Å².